The first-order valence-corrected chi connectivity index (χ1v) is 3.40. The monoisotopic (exact) mass is 190 g/mol. The summed E-state index contributed by atoms with van der Waals surface area (Å²) in [5, 5.41) is 16.9. The van der Waals surface area contributed by atoms with Gasteiger partial charge in [-0.15, -0.1) is 0 Å². The van der Waals surface area contributed by atoms with Crippen LogP contribution in [-0.2, 0) is 14.3 Å². The van der Waals surface area contributed by atoms with Gasteiger partial charge in [-0.1, -0.05) is 12.7 Å². The van der Waals surface area contributed by atoms with Crippen molar-refractivity contribution in [3.05, 3.63) is 12.7 Å². The summed E-state index contributed by atoms with van der Waals surface area (Å²) in [7, 11) is 0. The molecular weight excluding hydrogens is 180 g/mol. The maximum absolute atomic E-state index is 10.6. The second-order valence-corrected chi connectivity index (χ2v) is 1.97. The third kappa shape index (κ3) is 4.94. The molecule has 0 aromatic carbocycles. The second-order valence-electron chi connectivity index (χ2n) is 1.97. The summed E-state index contributed by atoms with van der Waals surface area (Å²) in [6.45, 7) is 2.35. The molecule has 0 heterocycles. The predicted molar refractivity (Wildman–Crippen MR) is 40.7 cm³/mol. The molecule has 0 radical (unpaired) electrons. The summed E-state index contributed by atoms with van der Waals surface area (Å²) >= 11 is 0. The van der Waals surface area contributed by atoms with Gasteiger partial charge in [0, 0.05) is 0 Å². The molecule has 0 saturated heterocycles. The summed E-state index contributed by atoms with van der Waals surface area (Å²) in [5.41, 5.74) is 0. The van der Waals surface area contributed by atoms with Crippen LogP contribution in [0.5, 0.6) is 0 Å². The zero-order chi connectivity index (χ0) is 10.3. The zero-order valence-corrected chi connectivity index (χ0v) is 6.80. The average Bonchev–Trinajstić information content (AvgIpc) is 2.13. The number of ether oxygens (including phenoxy) is 2. The van der Waals surface area contributed by atoms with Crippen LogP contribution in [0.15, 0.2) is 12.7 Å². The number of carbonyl (C=O) groups excluding carboxylic acids is 2. The van der Waals surface area contributed by atoms with Gasteiger partial charge in [0.15, 0.2) is 6.10 Å². The van der Waals surface area contributed by atoms with Crippen molar-refractivity contribution in [2.45, 2.75) is 6.10 Å². The Bertz CT molecular complexity index is 199. The Kier molecular flexibility index (Phi) is 5.49. The summed E-state index contributed by atoms with van der Waals surface area (Å²) < 4.78 is 8.21. The van der Waals surface area contributed by atoms with Gasteiger partial charge < -0.3 is 19.7 Å². The van der Waals surface area contributed by atoms with E-state index in [2.05, 4.69) is 16.1 Å². The van der Waals surface area contributed by atoms with Crippen LogP contribution >= 0.6 is 0 Å². The predicted octanol–water partition coefficient (Wildman–Crippen LogP) is -0.795. The van der Waals surface area contributed by atoms with Gasteiger partial charge >= 0.3 is 12.1 Å². The summed E-state index contributed by atoms with van der Waals surface area (Å²) in [6.07, 6.45) is -1.68. The molecule has 0 fully saturated rings. The molecule has 1 unspecified atom stereocenters. The topological polar surface area (TPSA) is 93.1 Å². The Labute approximate surface area is 74.4 Å². The minimum atomic E-state index is -1.73. The molecule has 0 aliphatic carbocycles. The van der Waals surface area contributed by atoms with Crippen LogP contribution in [0, 0.1) is 0 Å². The minimum absolute atomic E-state index is 0.0959. The van der Waals surface area contributed by atoms with E-state index in [4.69, 9.17) is 10.2 Å². The van der Waals surface area contributed by atoms with Gasteiger partial charge in [0.2, 0.25) is 0 Å². The van der Waals surface area contributed by atoms with Gasteiger partial charge in [-0.25, -0.2) is 9.59 Å². The van der Waals surface area contributed by atoms with Crippen molar-refractivity contribution in [2.75, 3.05) is 13.2 Å². The maximum Gasteiger partial charge on any atom is 0.516 e. The zero-order valence-electron chi connectivity index (χ0n) is 6.80. The van der Waals surface area contributed by atoms with Crippen LogP contribution in [0.2, 0.25) is 0 Å². The van der Waals surface area contributed by atoms with Gasteiger partial charge in [0.25, 0.3) is 0 Å². The largest absolute Gasteiger partial charge is 0.516 e. The SMILES string of the molecule is C=CCOC(=O)OC(=O)C(O)CO. The molecule has 74 valence electrons. The standard InChI is InChI=1S/C7H10O6/c1-2-3-12-7(11)13-6(10)5(9)4-8/h2,5,8-9H,1,3-4H2. The fourth-order valence-electron chi connectivity index (χ4n) is 0.381. The fourth-order valence-corrected chi connectivity index (χ4v) is 0.381. The highest BCUT2D eigenvalue weighted by atomic mass is 16.7. The number of aliphatic hydroxyl groups excluding tert-OH is 2. The van der Waals surface area contributed by atoms with Crippen molar-refractivity contribution >= 4 is 12.1 Å². The van der Waals surface area contributed by atoms with Gasteiger partial charge in [-0.2, -0.15) is 0 Å². The van der Waals surface area contributed by atoms with Crippen LogP contribution in [0.1, 0.15) is 0 Å². The Balaban J connectivity index is 3.77. The van der Waals surface area contributed by atoms with Crippen molar-refractivity contribution < 1.29 is 29.3 Å². The van der Waals surface area contributed by atoms with Crippen LogP contribution in [0.25, 0.3) is 0 Å². The lowest BCUT2D eigenvalue weighted by atomic mass is 10.4. The molecule has 13 heavy (non-hydrogen) atoms. The molecule has 0 aromatic rings. The minimum Gasteiger partial charge on any atom is -0.430 e. The molecule has 0 amide bonds. The quantitative estimate of drug-likeness (QED) is 0.342. The molecule has 0 rings (SSSR count). The number of rotatable bonds is 4. The average molecular weight is 190 g/mol. The van der Waals surface area contributed by atoms with Crippen LogP contribution in [-0.4, -0.2) is 41.7 Å². The van der Waals surface area contributed by atoms with E-state index in [-0.39, 0.29) is 6.61 Å². The van der Waals surface area contributed by atoms with E-state index in [1.54, 1.807) is 0 Å². The number of aliphatic hydroxyl groups is 2. The molecule has 2 N–H and O–H groups in total. The smallest absolute Gasteiger partial charge is 0.430 e. The molecule has 0 aliphatic heterocycles. The Morgan fingerprint density at radius 1 is 1.54 bits per heavy atom. The highest BCUT2D eigenvalue weighted by molar-refractivity contribution is 5.84. The van der Waals surface area contributed by atoms with E-state index < -0.39 is 24.8 Å². The van der Waals surface area contributed by atoms with Crippen molar-refractivity contribution in [2.24, 2.45) is 0 Å². The molecule has 0 aromatic heterocycles. The van der Waals surface area contributed by atoms with Crippen molar-refractivity contribution in [1.29, 1.82) is 0 Å². The van der Waals surface area contributed by atoms with E-state index in [9.17, 15) is 9.59 Å². The maximum atomic E-state index is 10.6. The first kappa shape index (κ1) is 11.6. The lowest BCUT2D eigenvalue weighted by Gasteiger charge is -2.05. The van der Waals surface area contributed by atoms with Crippen molar-refractivity contribution in [3.63, 3.8) is 0 Å². The first-order valence-electron chi connectivity index (χ1n) is 3.40. The molecule has 1 atom stereocenters. The van der Waals surface area contributed by atoms with E-state index in [1.165, 1.54) is 6.08 Å². The first-order chi connectivity index (χ1) is 6.11. The van der Waals surface area contributed by atoms with Crippen LogP contribution in [0.3, 0.4) is 0 Å². The number of esters is 1. The summed E-state index contributed by atoms with van der Waals surface area (Å²) in [5.74, 6) is -1.25. The third-order valence-corrected chi connectivity index (χ3v) is 0.948. The second kappa shape index (κ2) is 6.15. The van der Waals surface area contributed by atoms with Crippen LogP contribution in [0.4, 0.5) is 4.79 Å². The number of hydrogen-bond acceptors (Lipinski definition) is 6. The molecular formula is C7H10O6. The number of carbonyl (C=O) groups is 2. The molecule has 6 nitrogen and oxygen atoms in total. The Morgan fingerprint density at radius 3 is 2.62 bits per heavy atom. The lowest BCUT2D eigenvalue weighted by molar-refractivity contribution is -0.151. The molecule has 0 saturated carbocycles. The van der Waals surface area contributed by atoms with Crippen LogP contribution < -0.4 is 0 Å². The van der Waals surface area contributed by atoms with Gasteiger partial charge in [0.05, 0.1) is 6.61 Å². The fraction of sp³-hybridized carbons (Fsp3) is 0.429. The lowest BCUT2D eigenvalue weighted by Crippen LogP contribution is -2.29. The summed E-state index contributed by atoms with van der Waals surface area (Å²) in [6, 6.07) is 0. The molecule has 0 aliphatic rings. The van der Waals surface area contributed by atoms with Gasteiger partial charge in [-0.05, 0) is 0 Å². The highest BCUT2D eigenvalue weighted by Crippen LogP contribution is 1.91. The number of hydrogen-bond donors (Lipinski definition) is 2. The highest BCUT2D eigenvalue weighted by Gasteiger charge is 2.19. The van der Waals surface area contributed by atoms with E-state index in [0.29, 0.717) is 0 Å². The van der Waals surface area contributed by atoms with E-state index in [0.717, 1.165) is 0 Å². The van der Waals surface area contributed by atoms with Crippen molar-refractivity contribution in [1.82, 2.24) is 0 Å². The van der Waals surface area contributed by atoms with Gasteiger partial charge in [0.1, 0.15) is 6.61 Å². The normalized spacial score (nSPS) is 11.5. The third-order valence-electron chi connectivity index (χ3n) is 0.948. The summed E-state index contributed by atoms with van der Waals surface area (Å²) in [4.78, 5) is 21.1. The van der Waals surface area contributed by atoms with Crippen molar-refractivity contribution in [3.8, 4) is 0 Å². The van der Waals surface area contributed by atoms with Gasteiger partial charge in [-0.3, -0.25) is 0 Å². The molecule has 0 spiro atoms. The molecule has 6 heteroatoms. The molecule has 0 bridgehead atoms. The van der Waals surface area contributed by atoms with E-state index >= 15 is 0 Å². The Morgan fingerprint density at radius 2 is 2.15 bits per heavy atom. The Hall–Kier alpha value is -1.40. The van der Waals surface area contributed by atoms with E-state index in [1.807, 2.05) is 0 Å².